The number of benzene rings is 2. The van der Waals surface area contributed by atoms with Crippen molar-refractivity contribution in [2.75, 3.05) is 0 Å². The predicted octanol–water partition coefficient (Wildman–Crippen LogP) is 4.13. The Labute approximate surface area is 153 Å². The van der Waals surface area contributed by atoms with Crippen LogP contribution in [0.2, 0.25) is 0 Å². The van der Waals surface area contributed by atoms with Crippen molar-refractivity contribution in [3.05, 3.63) is 99.0 Å². The molecule has 0 saturated heterocycles. The fraction of sp³-hybridized carbons (Fsp3) is 0.160. The molecule has 2 aromatic carbocycles. The highest BCUT2D eigenvalue weighted by Gasteiger charge is 2.21. The van der Waals surface area contributed by atoms with E-state index in [0.29, 0.717) is 0 Å². The Balaban J connectivity index is 1.65. The maximum atomic E-state index is 9.19. The minimum absolute atomic E-state index is 0.216. The summed E-state index contributed by atoms with van der Waals surface area (Å²) in [5, 5.41) is 12.0. The van der Waals surface area contributed by atoms with Crippen molar-refractivity contribution in [2.45, 2.75) is 25.2 Å². The van der Waals surface area contributed by atoms with E-state index in [4.69, 9.17) is 0 Å². The average Bonchev–Trinajstić information content (AvgIpc) is 2.73. The van der Waals surface area contributed by atoms with Crippen molar-refractivity contribution in [3.63, 3.8) is 0 Å². The maximum Gasteiger partial charge on any atom is 0.0991 e. The summed E-state index contributed by atoms with van der Waals surface area (Å²) in [6.45, 7) is 0. The van der Waals surface area contributed by atoms with E-state index in [9.17, 15) is 5.26 Å². The first-order chi connectivity index (χ1) is 12.8. The summed E-state index contributed by atoms with van der Waals surface area (Å²) in [5.41, 5.74) is 7.40. The molecule has 0 spiro atoms. The lowest BCUT2D eigenvalue weighted by Gasteiger charge is -2.25. The number of nitriles is 1. The summed E-state index contributed by atoms with van der Waals surface area (Å²) in [6, 6.07) is 14.8. The van der Waals surface area contributed by atoms with Crippen LogP contribution in [0.4, 0.5) is 0 Å². The smallest absolute Gasteiger partial charge is 0.0991 e. The number of nitrogens with zero attached hydrogens (tertiary/aromatic N) is 1. The van der Waals surface area contributed by atoms with Gasteiger partial charge in [-0.25, -0.2) is 0 Å². The molecule has 0 aromatic heterocycles. The zero-order valence-corrected chi connectivity index (χ0v) is 14.6. The molecule has 2 aromatic rings. The van der Waals surface area contributed by atoms with Gasteiger partial charge in [-0.15, -0.1) is 0 Å². The van der Waals surface area contributed by atoms with Crippen LogP contribution >= 0.6 is 0 Å². The van der Waals surface area contributed by atoms with E-state index < -0.39 is 0 Å². The molecule has 0 bridgehead atoms. The molecular formula is C25H19N. The van der Waals surface area contributed by atoms with E-state index in [1.54, 1.807) is 0 Å². The summed E-state index contributed by atoms with van der Waals surface area (Å²) >= 11 is 0. The van der Waals surface area contributed by atoms with Crippen molar-refractivity contribution in [1.82, 2.24) is 0 Å². The molecule has 124 valence electrons. The highest BCUT2D eigenvalue weighted by molar-refractivity contribution is 5.87. The Morgan fingerprint density at radius 1 is 1.00 bits per heavy atom. The molecular weight excluding hydrogens is 314 g/mol. The van der Waals surface area contributed by atoms with Crippen LogP contribution in [0.5, 0.6) is 0 Å². The standard InChI is InChI=1S/C25H19N/c26-16-17-4-3-6-20(14-17)21-9-8-19-11-12-23-22-7-2-1-5-18(22)10-13-24(23)25(19)15-21/h3-11,13-15,21H,1-2,12H2. The molecule has 5 rings (SSSR count). The first-order valence-electron chi connectivity index (χ1n) is 9.27. The second kappa shape index (κ2) is 6.00. The molecule has 3 aliphatic rings. The van der Waals surface area contributed by atoms with Crippen LogP contribution in [-0.4, -0.2) is 0 Å². The van der Waals surface area contributed by atoms with Gasteiger partial charge in [-0.1, -0.05) is 60.7 Å². The molecule has 3 aliphatic carbocycles. The third kappa shape index (κ3) is 2.38. The third-order valence-corrected chi connectivity index (χ3v) is 5.63. The van der Waals surface area contributed by atoms with E-state index in [2.05, 4.69) is 60.7 Å². The molecule has 0 N–H and O–H groups in total. The van der Waals surface area contributed by atoms with Crippen LogP contribution in [0.15, 0.2) is 66.3 Å². The highest BCUT2D eigenvalue weighted by Crippen LogP contribution is 2.38. The fourth-order valence-electron chi connectivity index (χ4n) is 4.33. The first-order valence-corrected chi connectivity index (χ1v) is 9.27. The molecule has 0 aliphatic heterocycles. The SMILES string of the molecule is N#Cc1cccc(C2C=CC3=CCc4c(ccc5c4=CCCC=5)C3=C2)c1. The maximum absolute atomic E-state index is 9.19. The Kier molecular flexibility index (Phi) is 3.50. The van der Waals surface area contributed by atoms with Crippen molar-refractivity contribution in [3.8, 4) is 6.07 Å². The predicted molar refractivity (Wildman–Crippen MR) is 107 cm³/mol. The molecule has 1 heteroatoms. The molecule has 0 fully saturated rings. The van der Waals surface area contributed by atoms with Crippen molar-refractivity contribution in [2.24, 2.45) is 0 Å². The molecule has 0 radical (unpaired) electrons. The Morgan fingerprint density at radius 3 is 2.85 bits per heavy atom. The van der Waals surface area contributed by atoms with Gasteiger partial charge in [0.25, 0.3) is 0 Å². The first kappa shape index (κ1) is 15.2. The second-order valence-electron chi connectivity index (χ2n) is 7.15. The average molecular weight is 333 g/mol. The largest absolute Gasteiger partial charge is 0.192 e. The number of hydrogen-bond acceptors (Lipinski definition) is 1. The monoisotopic (exact) mass is 333 g/mol. The van der Waals surface area contributed by atoms with Crippen LogP contribution in [0.1, 0.15) is 41.0 Å². The lowest BCUT2D eigenvalue weighted by atomic mass is 9.79. The minimum atomic E-state index is 0.216. The van der Waals surface area contributed by atoms with Crippen molar-refractivity contribution in [1.29, 1.82) is 5.26 Å². The summed E-state index contributed by atoms with van der Waals surface area (Å²) in [6.07, 6.45) is 17.3. The van der Waals surface area contributed by atoms with Crippen LogP contribution in [0.3, 0.4) is 0 Å². The number of rotatable bonds is 1. The molecule has 1 nitrogen and oxygen atoms in total. The Bertz CT molecular complexity index is 1170. The summed E-state index contributed by atoms with van der Waals surface area (Å²) in [5.74, 6) is 0.216. The van der Waals surface area contributed by atoms with E-state index in [0.717, 1.165) is 24.8 Å². The Morgan fingerprint density at radius 2 is 1.92 bits per heavy atom. The van der Waals surface area contributed by atoms with Gasteiger partial charge in [0.15, 0.2) is 0 Å². The van der Waals surface area contributed by atoms with Crippen LogP contribution in [0, 0.1) is 11.3 Å². The lowest BCUT2D eigenvalue weighted by molar-refractivity contribution is 1.05. The van der Waals surface area contributed by atoms with E-state index in [1.165, 1.54) is 38.3 Å². The summed E-state index contributed by atoms with van der Waals surface area (Å²) in [7, 11) is 0. The lowest BCUT2D eigenvalue weighted by Crippen LogP contribution is -2.32. The van der Waals surface area contributed by atoms with Gasteiger partial charge in [0, 0.05) is 5.92 Å². The van der Waals surface area contributed by atoms with Gasteiger partial charge in [0.2, 0.25) is 0 Å². The van der Waals surface area contributed by atoms with Gasteiger partial charge in [-0.3, -0.25) is 0 Å². The Hall–Kier alpha value is -3.11. The highest BCUT2D eigenvalue weighted by atomic mass is 14.3. The molecule has 1 unspecified atom stereocenters. The van der Waals surface area contributed by atoms with Gasteiger partial charge < -0.3 is 0 Å². The number of fused-ring (bicyclic) bond motifs is 5. The summed E-state index contributed by atoms with van der Waals surface area (Å²) in [4.78, 5) is 0. The number of allylic oxidation sites excluding steroid dienone is 6. The van der Waals surface area contributed by atoms with Gasteiger partial charge in [0.1, 0.15) is 0 Å². The van der Waals surface area contributed by atoms with Gasteiger partial charge in [-0.2, -0.15) is 5.26 Å². The van der Waals surface area contributed by atoms with Crippen LogP contribution in [0.25, 0.3) is 17.7 Å². The quantitative estimate of drug-likeness (QED) is 0.770. The second-order valence-corrected chi connectivity index (χ2v) is 7.15. The van der Waals surface area contributed by atoms with Crippen molar-refractivity contribution >= 4 is 17.7 Å². The van der Waals surface area contributed by atoms with Gasteiger partial charge >= 0.3 is 0 Å². The third-order valence-electron chi connectivity index (χ3n) is 5.63. The van der Waals surface area contributed by atoms with Gasteiger partial charge in [-0.05, 0) is 69.7 Å². The van der Waals surface area contributed by atoms with Gasteiger partial charge in [0.05, 0.1) is 11.6 Å². The van der Waals surface area contributed by atoms with E-state index >= 15 is 0 Å². The van der Waals surface area contributed by atoms with Crippen LogP contribution in [-0.2, 0) is 6.42 Å². The molecule has 1 atom stereocenters. The molecule has 0 amide bonds. The molecule has 0 heterocycles. The fourth-order valence-corrected chi connectivity index (χ4v) is 4.33. The minimum Gasteiger partial charge on any atom is -0.192 e. The van der Waals surface area contributed by atoms with E-state index in [-0.39, 0.29) is 5.92 Å². The molecule has 26 heavy (non-hydrogen) atoms. The van der Waals surface area contributed by atoms with Crippen LogP contribution < -0.4 is 10.4 Å². The normalized spacial score (nSPS) is 19.6. The number of hydrogen-bond donors (Lipinski definition) is 0. The molecule has 0 saturated carbocycles. The van der Waals surface area contributed by atoms with E-state index in [1.807, 2.05) is 18.2 Å². The topological polar surface area (TPSA) is 23.8 Å². The zero-order valence-electron chi connectivity index (χ0n) is 14.6. The zero-order chi connectivity index (χ0) is 17.5. The summed E-state index contributed by atoms with van der Waals surface area (Å²) < 4.78 is 0. The van der Waals surface area contributed by atoms with Crippen molar-refractivity contribution < 1.29 is 0 Å².